The van der Waals surface area contributed by atoms with Crippen LogP contribution in [0.2, 0.25) is 10.0 Å². The number of hydrogen-bond acceptors (Lipinski definition) is 14. The molecule has 1 amide bonds. The number of aromatic nitrogens is 6. The van der Waals surface area contributed by atoms with Crippen LogP contribution in [0.4, 0.5) is 17.5 Å². The summed E-state index contributed by atoms with van der Waals surface area (Å²) in [6.07, 6.45) is 5.60. The van der Waals surface area contributed by atoms with Gasteiger partial charge >= 0.3 is 0 Å². The maximum atomic E-state index is 12.4. The fraction of sp³-hybridized carbons (Fsp3) is 0.375. The number of pyridine rings is 1. The summed E-state index contributed by atoms with van der Waals surface area (Å²) >= 11 is 13.6. The van der Waals surface area contributed by atoms with E-state index in [-0.39, 0.29) is 35.7 Å². The molecule has 2 fully saturated rings. The molecule has 0 bridgehead atoms. The minimum atomic E-state index is -0.484. The average molecular weight is 846 g/mol. The Morgan fingerprint density at radius 1 is 1.07 bits per heavy atom. The third-order valence-electron chi connectivity index (χ3n) is 10.8. The topological polar surface area (TPSA) is 211 Å². The van der Waals surface area contributed by atoms with Gasteiger partial charge in [-0.25, -0.2) is 15.0 Å². The van der Waals surface area contributed by atoms with Gasteiger partial charge in [0.2, 0.25) is 5.91 Å². The summed E-state index contributed by atoms with van der Waals surface area (Å²) in [4.78, 5) is 33.4. The Bertz CT molecular complexity index is 2320. The number of nitrogen functional groups attached to an aromatic ring is 2. The third kappa shape index (κ3) is 8.43. The van der Waals surface area contributed by atoms with E-state index in [1.54, 1.807) is 25.6 Å². The van der Waals surface area contributed by atoms with Crippen LogP contribution in [0, 0.1) is 12.3 Å². The van der Waals surface area contributed by atoms with Crippen molar-refractivity contribution < 1.29 is 14.3 Å². The number of carbonyl (C=O) groups is 1. The zero-order valence-corrected chi connectivity index (χ0v) is 35.0. The number of ether oxygens (including phenoxy) is 2. The number of nitrogens with one attached hydrogen (secondary N) is 1. The van der Waals surface area contributed by atoms with Crippen molar-refractivity contribution in [1.82, 2.24) is 35.0 Å². The van der Waals surface area contributed by atoms with E-state index in [4.69, 9.17) is 54.9 Å². The highest BCUT2D eigenvalue weighted by Gasteiger charge is 2.47. The van der Waals surface area contributed by atoms with Crippen LogP contribution in [0.25, 0.3) is 5.69 Å². The largest absolute Gasteiger partial charge is 0.497 e. The molecule has 7 N–H and O–H groups in total. The third-order valence-corrected chi connectivity index (χ3v) is 12.6. The van der Waals surface area contributed by atoms with Gasteiger partial charge in [0, 0.05) is 58.3 Å². The van der Waals surface area contributed by atoms with Crippen molar-refractivity contribution in [2.75, 3.05) is 49.7 Å². The molecule has 2 saturated heterocycles. The van der Waals surface area contributed by atoms with Crippen molar-refractivity contribution in [3.8, 4) is 11.4 Å². The van der Waals surface area contributed by atoms with Gasteiger partial charge in [0.25, 0.3) is 0 Å². The van der Waals surface area contributed by atoms with Gasteiger partial charge in [0.15, 0.2) is 11.6 Å². The van der Waals surface area contributed by atoms with Gasteiger partial charge in [-0.1, -0.05) is 47.1 Å². The molecule has 2 aromatic carbocycles. The van der Waals surface area contributed by atoms with E-state index >= 15 is 0 Å². The van der Waals surface area contributed by atoms with Crippen LogP contribution < -0.4 is 32.2 Å². The smallest absolute Gasteiger partial charge is 0.222 e. The number of benzene rings is 2. The van der Waals surface area contributed by atoms with Crippen molar-refractivity contribution in [3.63, 3.8) is 0 Å². The van der Waals surface area contributed by atoms with E-state index in [9.17, 15) is 4.79 Å². The summed E-state index contributed by atoms with van der Waals surface area (Å²) in [7, 11) is 1.63. The van der Waals surface area contributed by atoms with Crippen LogP contribution in [0.1, 0.15) is 61.9 Å². The molecular weight excluding hydrogens is 799 g/mol. The molecule has 0 aliphatic carbocycles. The molecule has 6 heterocycles. The second kappa shape index (κ2) is 17.5. The number of amides is 1. The van der Waals surface area contributed by atoms with Crippen LogP contribution in [0.3, 0.4) is 0 Å². The number of nitrogens with zero attached hydrogens (tertiary/aromatic N) is 8. The van der Waals surface area contributed by atoms with E-state index < -0.39 is 6.04 Å². The van der Waals surface area contributed by atoms with E-state index in [1.165, 1.54) is 11.8 Å². The van der Waals surface area contributed by atoms with Gasteiger partial charge in [0.1, 0.15) is 34.3 Å². The fourth-order valence-corrected chi connectivity index (χ4v) is 8.65. The normalized spacial score (nSPS) is 19.3. The van der Waals surface area contributed by atoms with E-state index in [0.29, 0.717) is 39.0 Å². The lowest BCUT2D eigenvalue weighted by atomic mass is 9.73. The molecule has 0 radical (unpaired) electrons. The first kappa shape index (κ1) is 41.2. The lowest BCUT2D eigenvalue weighted by Gasteiger charge is -2.41. The molecule has 5 aromatic rings. The number of piperidine rings is 1. The number of anilines is 3. The number of halogens is 2. The quantitative estimate of drug-likeness (QED) is 0.145. The molecule has 18 heteroatoms. The lowest BCUT2D eigenvalue weighted by molar-refractivity contribution is -0.121. The standard InChI is InChI=1S/C22H22ClN5O2.C18H24ClN7OS/c1-4-24-20(29)12-18-22-27-26-13(2)28(22)19-10-9-16(30-3)11-17(19)21(25-18)14-5-7-15(23)8-6-14;1-10-14(20)18(9-27-10)3-6-26(7-4-18)12-8-24-17(16(22)25-12)28-11-2-5-23-15(21)13(11)19/h5-11,18H,4,12H2,1-3H3,(H,24,29);2,5,8,10,14H,3-4,6-7,9,20H2,1H3,(H2,21,23)(H2,22,25). The van der Waals surface area contributed by atoms with Crippen molar-refractivity contribution in [1.29, 1.82) is 0 Å². The summed E-state index contributed by atoms with van der Waals surface area (Å²) < 4.78 is 13.2. The first-order valence-corrected chi connectivity index (χ1v) is 20.5. The average Bonchev–Trinajstić information content (AvgIpc) is 3.69. The summed E-state index contributed by atoms with van der Waals surface area (Å²) in [5.74, 6) is 3.41. The van der Waals surface area contributed by atoms with Gasteiger partial charge in [-0.2, -0.15) is 0 Å². The molecular formula is C40H46Cl2N12O3S. The minimum absolute atomic E-state index is 0.0721. The summed E-state index contributed by atoms with van der Waals surface area (Å²) in [6, 6.07) is 14.7. The van der Waals surface area contributed by atoms with E-state index in [1.807, 2.05) is 60.9 Å². The molecule has 1 spiro atoms. The zero-order valence-electron chi connectivity index (χ0n) is 32.7. The maximum absolute atomic E-state index is 12.4. The molecule has 3 aliphatic heterocycles. The molecule has 3 aromatic heterocycles. The number of aryl methyl sites for hydroxylation is 1. The number of fused-ring (bicyclic) bond motifs is 3. The Morgan fingerprint density at radius 3 is 2.50 bits per heavy atom. The molecule has 3 unspecified atom stereocenters. The molecule has 3 atom stereocenters. The lowest BCUT2D eigenvalue weighted by Crippen LogP contribution is -2.50. The maximum Gasteiger partial charge on any atom is 0.222 e. The second-order valence-corrected chi connectivity index (χ2v) is 16.2. The van der Waals surface area contributed by atoms with Crippen LogP contribution in [0.15, 0.2) is 75.8 Å². The molecule has 58 heavy (non-hydrogen) atoms. The Labute approximate surface area is 351 Å². The van der Waals surface area contributed by atoms with Gasteiger partial charge in [-0.05, 0) is 70.0 Å². The predicted octanol–water partition coefficient (Wildman–Crippen LogP) is 5.83. The number of aliphatic imine (C=N–C) groups is 1. The number of carbonyl (C=O) groups excluding carboxylic acids is 1. The summed E-state index contributed by atoms with van der Waals surface area (Å²) in [5, 5.41) is 13.1. The minimum Gasteiger partial charge on any atom is -0.497 e. The van der Waals surface area contributed by atoms with Gasteiger partial charge in [0.05, 0.1) is 48.9 Å². The Balaban J connectivity index is 0.000000177. The summed E-state index contributed by atoms with van der Waals surface area (Å²) in [6.45, 7) is 8.85. The SMILES string of the molecule is CC1OCC2(CCN(c3cnc(Sc4ccnc(N)c4Cl)c(N)n3)CC2)C1N.CCNC(=O)CC1N=C(c2ccc(Cl)cc2)c2cc(OC)ccc2-n2c(C)nnc21. The molecule has 0 saturated carbocycles. The zero-order chi connectivity index (χ0) is 41.1. The first-order chi connectivity index (χ1) is 27.9. The first-order valence-electron chi connectivity index (χ1n) is 18.9. The van der Waals surface area contributed by atoms with Crippen LogP contribution >= 0.6 is 35.0 Å². The Hall–Kier alpha value is -5.00. The molecule has 8 rings (SSSR count). The number of nitrogens with two attached hydrogens (primary N) is 3. The number of methoxy groups -OCH3 is 1. The van der Waals surface area contributed by atoms with Crippen molar-refractivity contribution >= 4 is 64.0 Å². The van der Waals surface area contributed by atoms with Crippen molar-refractivity contribution in [3.05, 3.63) is 93.7 Å². The number of rotatable bonds is 8. The van der Waals surface area contributed by atoms with Gasteiger partial charge < -0.3 is 36.9 Å². The van der Waals surface area contributed by atoms with E-state index in [0.717, 1.165) is 71.6 Å². The highest BCUT2D eigenvalue weighted by molar-refractivity contribution is 7.99. The van der Waals surface area contributed by atoms with Gasteiger partial charge in [-0.15, -0.1) is 10.2 Å². The number of hydrogen-bond donors (Lipinski definition) is 4. The Kier molecular flexibility index (Phi) is 12.4. The Morgan fingerprint density at radius 2 is 1.83 bits per heavy atom. The monoisotopic (exact) mass is 844 g/mol. The molecule has 3 aliphatic rings. The van der Waals surface area contributed by atoms with Crippen LogP contribution in [-0.4, -0.2) is 86.8 Å². The van der Waals surface area contributed by atoms with Crippen LogP contribution in [0.5, 0.6) is 5.75 Å². The predicted molar refractivity (Wildman–Crippen MR) is 227 cm³/mol. The van der Waals surface area contributed by atoms with Crippen LogP contribution in [-0.2, 0) is 9.53 Å². The van der Waals surface area contributed by atoms with E-state index in [2.05, 4.69) is 42.3 Å². The van der Waals surface area contributed by atoms with Crippen molar-refractivity contribution in [2.24, 2.45) is 16.1 Å². The summed E-state index contributed by atoms with van der Waals surface area (Å²) in [5.41, 5.74) is 21.8. The molecule has 15 nitrogen and oxygen atoms in total. The van der Waals surface area contributed by atoms with Crippen molar-refractivity contribution in [2.45, 2.75) is 68.1 Å². The van der Waals surface area contributed by atoms with Gasteiger partial charge in [-0.3, -0.25) is 14.4 Å². The molecule has 304 valence electrons. The fourth-order valence-electron chi connectivity index (χ4n) is 7.51. The highest BCUT2D eigenvalue weighted by Crippen LogP contribution is 2.42. The second-order valence-electron chi connectivity index (χ2n) is 14.4. The highest BCUT2D eigenvalue weighted by atomic mass is 35.5.